The predicted molar refractivity (Wildman–Crippen MR) is 113 cm³/mol. The number of likely N-dealkylation sites (N-methyl/N-ethyl adjacent to an activating group) is 1. The van der Waals surface area contributed by atoms with Gasteiger partial charge in [-0.2, -0.15) is 0 Å². The van der Waals surface area contributed by atoms with Crippen molar-refractivity contribution in [3.63, 3.8) is 0 Å². The molecule has 3 heterocycles. The normalized spacial score (nSPS) is 18.8. The van der Waals surface area contributed by atoms with E-state index >= 15 is 0 Å². The Labute approximate surface area is 169 Å². The van der Waals surface area contributed by atoms with Crippen molar-refractivity contribution in [3.05, 3.63) is 61.9 Å². The molecule has 1 aromatic carbocycles. The van der Waals surface area contributed by atoms with Crippen LogP contribution in [-0.4, -0.2) is 33.2 Å². The molecule has 1 aliphatic heterocycles. The van der Waals surface area contributed by atoms with Crippen molar-refractivity contribution in [2.75, 3.05) is 13.6 Å². The number of quaternary nitrogens is 1. The van der Waals surface area contributed by atoms with Gasteiger partial charge in [0, 0.05) is 23.9 Å². The van der Waals surface area contributed by atoms with E-state index in [0.717, 1.165) is 60.1 Å². The monoisotopic (exact) mass is 397 g/mol. The lowest BCUT2D eigenvalue weighted by Gasteiger charge is -2.30. The summed E-state index contributed by atoms with van der Waals surface area (Å²) in [6.07, 6.45) is 4.85. The number of hydrogen-bond donors (Lipinski definition) is 4. The number of rotatable bonds is 6. The fraction of sp³-hybridized carbons (Fsp3) is 0.455. The number of para-hydroxylation sites is 1. The molecule has 0 bridgehead atoms. The van der Waals surface area contributed by atoms with Crippen molar-refractivity contribution in [2.45, 2.75) is 51.6 Å². The number of unbranched alkanes of at least 4 members (excludes halogenated alkanes) is 3. The smallest absolute Gasteiger partial charge is 0.331 e. The lowest BCUT2D eigenvalue weighted by molar-refractivity contribution is -0.908. The van der Waals surface area contributed by atoms with E-state index in [-0.39, 0.29) is 17.5 Å². The summed E-state index contributed by atoms with van der Waals surface area (Å²) < 4.78 is 1.32. The maximum Gasteiger partial charge on any atom is 0.331 e. The molecular weight excluding hydrogens is 368 g/mol. The van der Waals surface area contributed by atoms with E-state index in [1.165, 1.54) is 10.1 Å². The highest BCUT2D eigenvalue weighted by atomic mass is 16.3. The number of nitrogens with zero attached hydrogens (tertiary/aromatic N) is 1. The van der Waals surface area contributed by atoms with Crippen LogP contribution < -0.4 is 16.1 Å². The number of fused-ring (bicyclic) bond motifs is 3. The molecule has 29 heavy (non-hydrogen) atoms. The van der Waals surface area contributed by atoms with Gasteiger partial charge in [-0.25, -0.2) is 4.79 Å². The fourth-order valence-electron chi connectivity index (χ4n) is 4.58. The highest BCUT2D eigenvalue weighted by Crippen LogP contribution is 2.32. The molecule has 0 amide bonds. The fourth-order valence-corrected chi connectivity index (χ4v) is 4.58. The van der Waals surface area contributed by atoms with Gasteiger partial charge in [0.05, 0.1) is 19.3 Å². The van der Waals surface area contributed by atoms with Gasteiger partial charge in [-0.15, -0.1) is 0 Å². The van der Waals surface area contributed by atoms with E-state index in [0.29, 0.717) is 6.54 Å². The quantitative estimate of drug-likeness (QED) is 0.474. The summed E-state index contributed by atoms with van der Waals surface area (Å²) in [6.45, 7) is 3.37. The highest BCUT2D eigenvalue weighted by molar-refractivity contribution is 5.85. The van der Waals surface area contributed by atoms with Crippen LogP contribution in [0, 0.1) is 0 Å². The van der Waals surface area contributed by atoms with E-state index in [2.05, 4.69) is 23.0 Å². The van der Waals surface area contributed by atoms with Crippen molar-refractivity contribution < 1.29 is 10.0 Å². The summed E-state index contributed by atoms with van der Waals surface area (Å²) in [5.41, 5.74) is 2.39. The van der Waals surface area contributed by atoms with Gasteiger partial charge in [-0.3, -0.25) is 14.3 Å². The Morgan fingerprint density at radius 3 is 2.76 bits per heavy atom. The van der Waals surface area contributed by atoms with Gasteiger partial charge in [0.2, 0.25) is 5.88 Å². The van der Waals surface area contributed by atoms with Crippen LogP contribution in [0.1, 0.15) is 55.5 Å². The molecule has 154 valence electrons. The Kier molecular flexibility index (Phi) is 5.32. The minimum absolute atomic E-state index is 0.203. The number of aromatic amines is 2. The Bertz CT molecular complexity index is 1140. The van der Waals surface area contributed by atoms with Crippen molar-refractivity contribution in [2.24, 2.45) is 0 Å². The second kappa shape index (κ2) is 7.91. The molecule has 2 aromatic heterocycles. The molecule has 4 N–H and O–H groups in total. The molecule has 0 spiro atoms. The third-order valence-electron chi connectivity index (χ3n) is 6.13. The predicted octanol–water partition coefficient (Wildman–Crippen LogP) is 1.46. The zero-order chi connectivity index (χ0) is 20.5. The molecule has 0 saturated heterocycles. The lowest BCUT2D eigenvalue weighted by Crippen LogP contribution is -3.10. The summed E-state index contributed by atoms with van der Waals surface area (Å²) in [5, 5.41) is 12.1. The number of nitrogens with one attached hydrogen (secondary N) is 3. The summed E-state index contributed by atoms with van der Waals surface area (Å²) in [5.74, 6) is -0.203. The SMILES string of the molecule is CCCCCCn1c(O)c([C@H]2c3[nH]c4ccccc4c3CC[NH+]2C)c(=O)[nH]c1=O. The Morgan fingerprint density at radius 2 is 1.97 bits per heavy atom. The molecule has 1 unspecified atom stereocenters. The number of hydrogen-bond acceptors (Lipinski definition) is 3. The number of benzene rings is 1. The van der Waals surface area contributed by atoms with Crippen molar-refractivity contribution in [3.8, 4) is 5.88 Å². The van der Waals surface area contributed by atoms with E-state index < -0.39 is 11.2 Å². The van der Waals surface area contributed by atoms with Gasteiger partial charge < -0.3 is 15.0 Å². The van der Waals surface area contributed by atoms with E-state index in [9.17, 15) is 14.7 Å². The minimum atomic E-state index is -0.543. The standard InChI is InChI=1S/C22H28N4O3/c1-3-4-5-8-12-26-21(28)17(20(27)24-22(26)29)19-18-15(11-13-25(19)2)14-9-6-7-10-16(14)23-18/h6-7,9-10,19,23,28H,3-5,8,11-13H2,1-2H3,(H,24,27,29)/p+1/t19-/m0/s1. The maximum atomic E-state index is 12.8. The first kappa shape index (κ1) is 19.5. The summed E-state index contributed by atoms with van der Waals surface area (Å²) >= 11 is 0. The number of aromatic nitrogens is 3. The molecule has 7 heteroatoms. The van der Waals surface area contributed by atoms with Gasteiger partial charge >= 0.3 is 5.69 Å². The number of H-pyrrole nitrogens is 2. The molecule has 0 fully saturated rings. The lowest BCUT2D eigenvalue weighted by atomic mass is 9.94. The first-order chi connectivity index (χ1) is 14.0. The van der Waals surface area contributed by atoms with Crippen molar-refractivity contribution in [1.82, 2.24) is 14.5 Å². The van der Waals surface area contributed by atoms with Gasteiger partial charge in [-0.1, -0.05) is 44.4 Å². The van der Waals surface area contributed by atoms with Gasteiger partial charge in [0.15, 0.2) is 6.04 Å². The highest BCUT2D eigenvalue weighted by Gasteiger charge is 2.37. The largest absolute Gasteiger partial charge is 0.494 e. The topological polar surface area (TPSA) is 95.3 Å². The third kappa shape index (κ3) is 3.40. The molecule has 3 aromatic rings. The zero-order valence-corrected chi connectivity index (χ0v) is 17.0. The molecule has 1 aliphatic rings. The molecule has 4 rings (SSSR count). The van der Waals surface area contributed by atoms with E-state index in [4.69, 9.17) is 0 Å². The average Bonchev–Trinajstić information content (AvgIpc) is 3.07. The van der Waals surface area contributed by atoms with Crippen LogP contribution in [0.15, 0.2) is 33.9 Å². The Hall–Kier alpha value is -2.80. The average molecular weight is 397 g/mol. The molecule has 0 aliphatic carbocycles. The second-order valence-electron chi connectivity index (χ2n) is 8.05. The van der Waals surface area contributed by atoms with Crippen LogP contribution in [0.3, 0.4) is 0 Å². The van der Waals surface area contributed by atoms with Crippen LogP contribution in [0.2, 0.25) is 0 Å². The molecule has 0 saturated carbocycles. The Morgan fingerprint density at radius 1 is 1.17 bits per heavy atom. The van der Waals surface area contributed by atoms with Gasteiger partial charge in [0.1, 0.15) is 5.56 Å². The van der Waals surface area contributed by atoms with Crippen molar-refractivity contribution in [1.29, 1.82) is 0 Å². The van der Waals surface area contributed by atoms with E-state index in [1.54, 1.807) is 0 Å². The van der Waals surface area contributed by atoms with Crippen molar-refractivity contribution >= 4 is 10.9 Å². The first-order valence-corrected chi connectivity index (χ1v) is 10.5. The molecule has 0 radical (unpaired) electrons. The van der Waals surface area contributed by atoms with Crippen LogP contribution >= 0.6 is 0 Å². The summed E-state index contributed by atoms with van der Waals surface area (Å²) in [4.78, 5) is 32.2. The molecule has 2 atom stereocenters. The second-order valence-corrected chi connectivity index (χ2v) is 8.05. The summed E-state index contributed by atoms with van der Waals surface area (Å²) in [7, 11) is 2.02. The van der Waals surface area contributed by atoms with Crippen LogP contribution in [0.5, 0.6) is 5.88 Å². The molecule has 7 nitrogen and oxygen atoms in total. The minimum Gasteiger partial charge on any atom is -0.494 e. The van der Waals surface area contributed by atoms with Crippen LogP contribution in [0.25, 0.3) is 10.9 Å². The third-order valence-corrected chi connectivity index (χ3v) is 6.13. The maximum absolute atomic E-state index is 12.8. The Balaban J connectivity index is 1.82. The van der Waals surface area contributed by atoms with E-state index in [1.807, 2.05) is 25.2 Å². The van der Waals surface area contributed by atoms with Crippen LogP contribution in [0.4, 0.5) is 0 Å². The van der Waals surface area contributed by atoms with Gasteiger partial charge in [-0.05, 0) is 18.1 Å². The first-order valence-electron chi connectivity index (χ1n) is 10.5. The number of aromatic hydroxyl groups is 1. The zero-order valence-electron chi connectivity index (χ0n) is 17.0. The summed E-state index contributed by atoms with van der Waals surface area (Å²) in [6, 6.07) is 7.76. The molecular formula is C22H29N4O3+. The van der Waals surface area contributed by atoms with Crippen LogP contribution in [-0.2, 0) is 13.0 Å². The van der Waals surface area contributed by atoms with Gasteiger partial charge in [0.25, 0.3) is 5.56 Å².